The molecule has 1 saturated heterocycles. The van der Waals surface area contributed by atoms with E-state index in [9.17, 15) is 4.79 Å². The Morgan fingerprint density at radius 1 is 1.90 bits per heavy atom. The largest absolute Gasteiger partial charge is 0.465 e. The van der Waals surface area contributed by atoms with E-state index in [1.165, 1.54) is 0 Å². The van der Waals surface area contributed by atoms with E-state index in [-0.39, 0.29) is 20.7 Å². The first-order valence-electron chi connectivity index (χ1n) is 3.11. The lowest BCUT2D eigenvalue weighted by Crippen LogP contribution is -2.13. The van der Waals surface area contributed by atoms with Gasteiger partial charge in [0.05, 0.1) is 15.9 Å². The van der Waals surface area contributed by atoms with Crippen molar-refractivity contribution >= 4 is 40.2 Å². The number of hydrogen-bond donors (Lipinski definition) is 0. The van der Waals surface area contributed by atoms with E-state index in [1.807, 2.05) is 0 Å². The summed E-state index contributed by atoms with van der Waals surface area (Å²) in [6, 6.07) is 0. The van der Waals surface area contributed by atoms with Crippen LogP contribution in [-0.4, -0.2) is 16.0 Å². The zero-order valence-electron chi connectivity index (χ0n) is 5.14. The minimum absolute atomic E-state index is 0.0131. The first kappa shape index (κ1) is 7.16. The summed E-state index contributed by atoms with van der Waals surface area (Å²) in [5.41, 5.74) is 0.0131. The van der Waals surface area contributed by atoms with Gasteiger partial charge in [-0.25, -0.2) is 0 Å². The van der Waals surface area contributed by atoms with E-state index >= 15 is 0 Å². The van der Waals surface area contributed by atoms with Gasteiger partial charge < -0.3 is 4.74 Å². The molecule has 2 aliphatic rings. The molecule has 1 saturated carbocycles. The van der Waals surface area contributed by atoms with Crippen LogP contribution in [0.1, 0.15) is 6.42 Å². The molecule has 2 nitrogen and oxygen atoms in total. The lowest BCUT2D eigenvalue weighted by atomic mass is 10.1. The second-order valence-corrected chi connectivity index (χ2v) is 5.32. The number of rotatable bonds is 1. The second kappa shape index (κ2) is 2.00. The maximum Gasteiger partial charge on any atom is 0.309 e. The van der Waals surface area contributed by atoms with Crippen molar-refractivity contribution in [3.8, 4) is 0 Å². The zero-order valence-corrected chi connectivity index (χ0v) is 8.05. The molecule has 0 bridgehead atoms. The van der Waals surface area contributed by atoms with Crippen LogP contribution in [0.25, 0.3) is 0 Å². The number of halogens is 2. The minimum Gasteiger partial charge on any atom is -0.465 e. The van der Waals surface area contributed by atoms with E-state index in [2.05, 4.69) is 22.6 Å². The van der Waals surface area contributed by atoms with Gasteiger partial charge in [0, 0.05) is 5.41 Å². The molecule has 2 fully saturated rings. The molecule has 1 heterocycles. The predicted octanol–water partition coefficient (Wildman–Crippen LogP) is 1.55. The van der Waals surface area contributed by atoms with Gasteiger partial charge in [-0.05, 0) is 6.42 Å². The Morgan fingerprint density at radius 3 is 2.80 bits per heavy atom. The van der Waals surface area contributed by atoms with Crippen molar-refractivity contribution in [1.82, 2.24) is 0 Å². The van der Waals surface area contributed by atoms with Gasteiger partial charge in [-0.2, -0.15) is 0 Å². The van der Waals surface area contributed by atoms with Gasteiger partial charge in [0.1, 0.15) is 0 Å². The van der Waals surface area contributed by atoms with E-state index in [1.54, 1.807) is 0 Å². The second-order valence-electron chi connectivity index (χ2n) is 2.90. The molecule has 0 radical (unpaired) electrons. The minimum atomic E-state index is -0.0534. The number of fused-ring (bicyclic) bond motifs is 1. The molecule has 0 aromatic carbocycles. The summed E-state index contributed by atoms with van der Waals surface area (Å²) in [6.07, 6.45) is 0.933. The van der Waals surface area contributed by atoms with E-state index in [0.717, 1.165) is 6.42 Å². The summed E-state index contributed by atoms with van der Waals surface area (Å²) in [6.45, 7) is 0.535. The van der Waals surface area contributed by atoms with Crippen LogP contribution in [-0.2, 0) is 9.53 Å². The van der Waals surface area contributed by atoms with Gasteiger partial charge in [0.15, 0.2) is 0 Å². The van der Waals surface area contributed by atoms with Crippen molar-refractivity contribution < 1.29 is 9.53 Å². The summed E-state index contributed by atoms with van der Waals surface area (Å²) in [5.74, 6) is 0.0641. The third-order valence-electron chi connectivity index (χ3n) is 2.32. The summed E-state index contributed by atoms with van der Waals surface area (Å²) >= 11 is 8.03. The van der Waals surface area contributed by atoms with Gasteiger partial charge in [0.2, 0.25) is 0 Å². The molecule has 3 unspecified atom stereocenters. The number of hydrogen-bond acceptors (Lipinski definition) is 2. The Labute approximate surface area is 77.4 Å². The molecular weight excluding hydrogens is 266 g/mol. The maximum atomic E-state index is 10.8. The SMILES string of the molecule is O=C1OCC2(C(Cl)I)CC12. The predicted molar refractivity (Wildman–Crippen MR) is 45.2 cm³/mol. The highest BCUT2D eigenvalue weighted by molar-refractivity contribution is 14.1. The third-order valence-corrected chi connectivity index (χ3v) is 4.00. The Morgan fingerprint density at radius 2 is 2.60 bits per heavy atom. The summed E-state index contributed by atoms with van der Waals surface area (Å²) < 4.78 is 4.89. The first-order chi connectivity index (χ1) is 4.67. The van der Waals surface area contributed by atoms with Crippen LogP contribution in [0.5, 0.6) is 0 Å². The van der Waals surface area contributed by atoms with Crippen LogP contribution in [0, 0.1) is 11.3 Å². The highest BCUT2D eigenvalue weighted by atomic mass is 127. The lowest BCUT2D eigenvalue weighted by Gasteiger charge is -2.09. The molecule has 0 spiro atoms. The van der Waals surface area contributed by atoms with Crippen molar-refractivity contribution in [2.24, 2.45) is 11.3 Å². The smallest absolute Gasteiger partial charge is 0.309 e. The van der Waals surface area contributed by atoms with E-state index in [0.29, 0.717) is 6.61 Å². The average molecular weight is 272 g/mol. The fourth-order valence-corrected chi connectivity index (χ4v) is 2.58. The van der Waals surface area contributed by atoms with Gasteiger partial charge in [0.25, 0.3) is 0 Å². The fourth-order valence-electron chi connectivity index (χ4n) is 1.41. The molecule has 10 heavy (non-hydrogen) atoms. The fraction of sp³-hybridized carbons (Fsp3) is 0.833. The normalized spacial score (nSPS) is 46.2. The molecule has 1 aliphatic carbocycles. The number of ether oxygens (including phenoxy) is 1. The van der Waals surface area contributed by atoms with Crippen LogP contribution in [0.3, 0.4) is 0 Å². The number of esters is 1. The quantitative estimate of drug-likeness (QED) is 0.411. The monoisotopic (exact) mass is 272 g/mol. The van der Waals surface area contributed by atoms with Crippen LogP contribution in [0.4, 0.5) is 0 Å². The number of alkyl halides is 2. The molecule has 56 valence electrons. The molecule has 2 rings (SSSR count). The Kier molecular flexibility index (Phi) is 1.43. The van der Waals surface area contributed by atoms with Crippen LogP contribution >= 0.6 is 34.2 Å². The molecule has 0 aromatic heterocycles. The van der Waals surface area contributed by atoms with Gasteiger partial charge in [-0.1, -0.05) is 22.6 Å². The lowest BCUT2D eigenvalue weighted by molar-refractivity contribution is -0.141. The standard InChI is InChI=1S/C6H6ClIO2/c7-5(8)6-1-3(6)4(9)10-2-6/h3,5H,1-2H2. The number of carbonyl (C=O) groups is 1. The summed E-state index contributed by atoms with van der Waals surface area (Å²) in [4.78, 5) is 10.8. The Hall–Kier alpha value is 0.490. The first-order valence-corrected chi connectivity index (χ1v) is 4.80. The zero-order chi connectivity index (χ0) is 7.35. The molecule has 3 atom stereocenters. The van der Waals surface area contributed by atoms with Crippen molar-refractivity contribution in [1.29, 1.82) is 0 Å². The number of carbonyl (C=O) groups excluding carboxylic acids is 1. The molecular formula is C6H6ClIO2. The highest BCUT2D eigenvalue weighted by Gasteiger charge is 2.67. The molecule has 4 heteroatoms. The van der Waals surface area contributed by atoms with Crippen LogP contribution in [0.2, 0.25) is 0 Å². The molecule has 0 amide bonds. The third kappa shape index (κ3) is 0.733. The highest BCUT2D eigenvalue weighted by Crippen LogP contribution is 2.62. The van der Waals surface area contributed by atoms with Crippen LogP contribution < -0.4 is 0 Å². The van der Waals surface area contributed by atoms with Gasteiger partial charge >= 0.3 is 5.97 Å². The Bertz CT molecular complexity index is 194. The average Bonchev–Trinajstić information content (AvgIpc) is 2.52. The molecule has 0 aromatic rings. The van der Waals surface area contributed by atoms with Crippen molar-refractivity contribution in [2.45, 2.75) is 9.80 Å². The molecule has 0 N–H and O–H groups in total. The number of cyclic esters (lactones) is 1. The Balaban J connectivity index is 2.18. The van der Waals surface area contributed by atoms with Gasteiger partial charge in [-0.3, -0.25) is 4.79 Å². The van der Waals surface area contributed by atoms with E-state index in [4.69, 9.17) is 16.3 Å². The topological polar surface area (TPSA) is 26.3 Å². The summed E-state index contributed by atoms with van der Waals surface area (Å²) in [7, 11) is 0. The molecule has 1 aliphatic heterocycles. The summed E-state index contributed by atoms with van der Waals surface area (Å²) in [5, 5.41) is 0. The van der Waals surface area contributed by atoms with Gasteiger partial charge in [-0.15, -0.1) is 11.6 Å². The van der Waals surface area contributed by atoms with Crippen LogP contribution in [0.15, 0.2) is 0 Å². The maximum absolute atomic E-state index is 10.8. The van der Waals surface area contributed by atoms with Crippen molar-refractivity contribution in [3.63, 3.8) is 0 Å². The van der Waals surface area contributed by atoms with Crippen molar-refractivity contribution in [3.05, 3.63) is 0 Å². The van der Waals surface area contributed by atoms with E-state index < -0.39 is 0 Å². The van der Waals surface area contributed by atoms with Crippen molar-refractivity contribution in [2.75, 3.05) is 6.61 Å².